The first-order valence-electron chi connectivity index (χ1n) is 7.61. The Morgan fingerprint density at radius 3 is 2.86 bits per heavy atom. The standard InChI is InChI=1S/C15H23N3O3/c1-9(2)18-7-13(15(3,20)8-18)16-14(19)11-6-12(21-17-11)10-4-5-10/h6,9-10,13,20H,4-5,7-8H2,1-3H3,(H,16,19)/t13-,15-/m0/s1. The molecule has 2 heterocycles. The molecule has 0 spiro atoms. The Kier molecular flexibility index (Phi) is 3.53. The highest BCUT2D eigenvalue weighted by atomic mass is 16.5. The smallest absolute Gasteiger partial charge is 0.273 e. The van der Waals surface area contributed by atoms with Crippen molar-refractivity contribution in [2.75, 3.05) is 13.1 Å². The molecule has 2 N–H and O–H groups in total. The third-order valence-electron chi connectivity index (χ3n) is 4.47. The van der Waals surface area contributed by atoms with Crippen molar-refractivity contribution in [3.05, 3.63) is 17.5 Å². The van der Waals surface area contributed by atoms with Gasteiger partial charge in [-0.1, -0.05) is 5.16 Å². The number of carbonyl (C=O) groups excluding carboxylic acids is 1. The van der Waals surface area contributed by atoms with Gasteiger partial charge in [0.25, 0.3) is 5.91 Å². The van der Waals surface area contributed by atoms with E-state index in [1.165, 1.54) is 0 Å². The lowest BCUT2D eigenvalue weighted by Gasteiger charge is -2.24. The van der Waals surface area contributed by atoms with Crippen molar-refractivity contribution < 1.29 is 14.4 Å². The third kappa shape index (κ3) is 2.96. The SMILES string of the molecule is CC(C)N1C[C@H](NC(=O)c2cc(C3CC3)on2)[C@@](C)(O)C1. The Balaban J connectivity index is 1.65. The zero-order valence-corrected chi connectivity index (χ0v) is 12.8. The zero-order chi connectivity index (χ0) is 15.2. The van der Waals surface area contributed by atoms with Crippen LogP contribution in [0.4, 0.5) is 0 Å². The maximum Gasteiger partial charge on any atom is 0.273 e. The minimum absolute atomic E-state index is 0.276. The molecule has 3 rings (SSSR count). The topological polar surface area (TPSA) is 78.6 Å². The number of aliphatic hydroxyl groups is 1. The summed E-state index contributed by atoms with van der Waals surface area (Å²) >= 11 is 0. The summed E-state index contributed by atoms with van der Waals surface area (Å²) < 4.78 is 5.20. The Hall–Kier alpha value is -1.40. The van der Waals surface area contributed by atoms with Gasteiger partial charge in [0.2, 0.25) is 0 Å². The van der Waals surface area contributed by atoms with E-state index in [4.69, 9.17) is 4.52 Å². The summed E-state index contributed by atoms with van der Waals surface area (Å²) in [7, 11) is 0. The van der Waals surface area contributed by atoms with E-state index in [0.29, 0.717) is 30.7 Å². The Morgan fingerprint density at radius 1 is 1.57 bits per heavy atom. The van der Waals surface area contributed by atoms with Crippen LogP contribution in [0.5, 0.6) is 0 Å². The first-order chi connectivity index (χ1) is 9.87. The first kappa shape index (κ1) is 14.5. The van der Waals surface area contributed by atoms with Gasteiger partial charge in [-0.25, -0.2) is 0 Å². The lowest BCUT2D eigenvalue weighted by Crippen LogP contribution is -2.50. The molecule has 116 valence electrons. The molecule has 1 aromatic rings. The van der Waals surface area contributed by atoms with Gasteiger partial charge in [-0.05, 0) is 33.6 Å². The van der Waals surface area contributed by atoms with Gasteiger partial charge in [-0.15, -0.1) is 0 Å². The van der Waals surface area contributed by atoms with Gasteiger partial charge >= 0.3 is 0 Å². The van der Waals surface area contributed by atoms with Gasteiger partial charge in [-0.2, -0.15) is 0 Å². The van der Waals surface area contributed by atoms with Crippen molar-refractivity contribution in [2.24, 2.45) is 0 Å². The van der Waals surface area contributed by atoms with E-state index in [9.17, 15) is 9.90 Å². The van der Waals surface area contributed by atoms with E-state index < -0.39 is 5.60 Å². The van der Waals surface area contributed by atoms with Crippen LogP contribution in [0.15, 0.2) is 10.6 Å². The molecule has 1 saturated carbocycles. The predicted octanol–water partition coefficient (Wildman–Crippen LogP) is 1.13. The fourth-order valence-electron chi connectivity index (χ4n) is 2.80. The molecule has 2 fully saturated rings. The van der Waals surface area contributed by atoms with E-state index in [1.54, 1.807) is 13.0 Å². The highest BCUT2D eigenvalue weighted by Crippen LogP contribution is 2.40. The second-order valence-electron chi connectivity index (χ2n) is 6.80. The van der Waals surface area contributed by atoms with E-state index in [-0.39, 0.29) is 11.9 Å². The monoisotopic (exact) mass is 293 g/mol. The van der Waals surface area contributed by atoms with Crippen LogP contribution < -0.4 is 5.32 Å². The maximum atomic E-state index is 12.3. The minimum atomic E-state index is -0.928. The number of likely N-dealkylation sites (tertiary alicyclic amines) is 1. The van der Waals surface area contributed by atoms with Crippen LogP contribution in [0.1, 0.15) is 55.8 Å². The van der Waals surface area contributed by atoms with Gasteiger partial charge in [0.15, 0.2) is 5.69 Å². The molecule has 6 nitrogen and oxygen atoms in total. The molecular formula is C15H23N3O3. The van der Waals surface area contributed by atoms with E-state index in [2.05, 4.69) is 29.2 Å². The van der Waals surface area contributed by atoms with Crippen molar-refractivity contribution in [3.63, 3.8) is 0 Å². The lowest BCUT2D eigenvalue weighted by atomic mass is 10.0. The number of aromatic nitrogens is 1. The van der Waals surface area contributed by atoms with Gasteiger partial charge in [0, 0.05) is 31.1 Å². The van der Waals surface area contributed by atoms with E-state index in [0.717, 1.165) is 18.6 Å². The number of hydrogen-bond donors (Lipinski definition) is 2. The maximum absolute atomic E-state index is 12.3. The fraction of sp³-hybridized carbons (Fsp3) is 0.733. The van der Waals surface area contributed by atoms with Crippen molar-refractivity contribution in [3.8, 4) is 0 Å². The molecule has 2 aliphatic rings. The van der Waals surface area contributed by atoms with Gasteiger partial charge in [-0.3, -0.25) is 9.69 Å². The Labute approximate surface area is 124 Å². The third-order valence-corrected chi connectivity index (χ3v) is 4.47. The molecular weight excluding hydrogens is 270 g/mol. The quantitative estimate of drug-likeness (QED) is 0.870. The number of nitrogens with one attached hydrogen (secondary N) is 1. The average Bonchev–Trinajstić information content (AvgIpc) is 3.05. The fourth-order valence-corrected chi connectivity index (χ4v) is 2.80. The number of amides is 1. The molecule has 0 unspecified atom stereocenters. The lowest BCUT2D eigenvalue weighted by molar-refractivity contribution is 0.0406. The van der Waals surface area contributed by atoms with Gasteiger partial charge in [0.1, 0.15) is 5.76 Å². The Bertz CT molecular complexity index is 534. The molecule has 21 heavy (non-hydrogen) atoms. The molecule has 0 bridgehead atoms. The second kappa shape index (κ2) is 5.10. The summed E-state index contributed by atoms with van der Waals surface area (Å²) in [5.41, 5.74) is -0.626. The molecule has 6 heteroatoms. The van der Waals surface area contributed by atoms with Gasteiger partial charge < -0.3 is 14.9 Å². The number of β-amino-alcohol motifs (C(OH)–C–C–N with tert-alkyl or cyclic N) is 1. The number of carbonyl (C=O) groups is 1. The number of nitrogens with zero attached hydrogens (tertiary/aromatic N) is 2. The summed E-state index contributed by atoms with van der Waals surface area (Å²) in [4.78, 5) is 14.4. The normalized spacial score (nSPS) is 30.0. The average molecular weight is 293 g/mol. The van der Waals surface area contributed by atoms with Crippen LogP contribution in [0.2, 0.25) is 0 Å². The number of hydrogen-bond acceptors (Lipinski definition) is 5. The summed E-state index contributed by atoms with van der Waals surface area (Å²) in [6.45, 7) is 7.13. The highest BCUT2D eigenvalue weighted by Gasteiger charge is 2.43. The minimum Gasteiger partial charge on any atom is -0.387 e. The molecule has 1 saturated heterocycles. The first-order valence-corrected chi connectivity index (χ1v) is 7.61. The highest BCUT2D eigenvalue weighted by molar-refractivity contribution is 5.92. The summed E-state index contributed by atoms with van der Waals surface area (Å²) in [6, 6.07) is 1.76. The van der Waals surface area contributed by atoms with E-state index in [1.807, 2.05) is 0 Å². The van der Waals surface area contributed by atoms with Crippen LogP contribution in [-0.4, -0.2) is 51.8 Å². The number of rotatable bonds is 4. The van der Waals surface area contributed by atoms with Crippen molar-refractivity contribution in [1.29, 1.82) is 0 Å². The molecule has 0 radical (unpaired) electrons. The summed E-state index contributed by atoms with van der Waals surface area (Å²) in [5.74, 6) is 0.953. The van der Waals surface area contributed by atoms with Gasteiger partial charge in [0.05, 0.1) is 11.6 Å². The predicted molar refractivity (Wildman–Crippen MR) is 77.1 cm³/mol. The molecule has 1 aliphatic heterocycles. The van der Waals surface area contributed by atoms with Crippen LogP contribution in [0.25, 0.3) is 0 Å². The largest absolute Gasteiger partial charge is 0.387 e. The second-order valence-corrected chi connectivity index (χ2v) is 6.80. The van der Waals surface area contributed by atoms with Crippen LogP contribution in [0, 0.1) is 0 Å². The van der Waals surface area contributed by atoms with Crippen LogP contribution in [0.3, 0.4) is 0 Å². The molecule has 1 amide bonds. The summed E-state index contributed by atoms with van der Waals surface area (Å²) in [5, 5.41) is 17.2. The molecule has 1 aromatic heterocycles. The molecule has 2 atom stereocenters. The molecule has 0 aromatic carbocycles. The van der Waals surface area contributed by atoms with Crippen molar-refractivity contribution >= 4 is 5.91 Å². The van der Waals surface area contributed by atoms with Crippen LogP contribution in [-0.2, 0) is 0 Å². The van der Waals surface area contributed by atoms with Crippen LogP contribution >= 0.6 is 0 Å². The summed E-state index contributed by atoms with van der Waals surface area (Å²) in [6.07, 6.45) is 2.22. The Morgan fingerprint density at radius 2 is 2.29 bits per heavy atom. The van der Waals surface area contributed by atoms with E-state index >= 15 is 0 Å². The molecule has 1 aliphatic carbocycles. The van der Waals surface area contributed by atoms with Crippen molar-refractivity contribution in [2.45, 2.75) is 57.2 Å². The zero-order valence-electron chi connectivity index (χ0n) is 12.8. The van der Waals surface area contributed by atoms with Crippen molar-refractivity contribution in [1.82, 2.24) is 15.4 Å².